The van der Waals surface area contributed by atoms with Crippen molar-refractivity contribution in [1.29, 1.82) is 0 Å². The zero-order valence-corrected chi connectivity index (χ0v) is 13.3. The number of carbonyl (C=O) groups excluding carboxylic acids is 1. The highest BCUT2D eigenvalue weighted by Crippen LogP contribution is 2.30. The molecule has 0 saturated carbocycles. The number of rotatable bonds is 2. The maximum absolute atomic E-state index is 12.7. The Labute approximate surface area is 135 Å². The first-order valence-corrected chi connectivity index (χ1v) is 8.14. The highest BCUT2D eigenvalue weighted by molar-refractivity contribution is 5.94. The van der Waals surface area contributed by atoms with Gasteiger partial charge in [-0.1, -0.05) is 35.9 Å². The van der Waals surface area contributed by atoms with Gasteiger partial charge < -0.3 is 9.88 Å². The fourth-order valence-corrected chi connectivity index (χ4v) is 3.47. The second-order valence-corrected chi connectivity index (χ2v) is 6.42. The van der Waals surface area contributed by atoms with Crippen LogP contribution in [0.3, 0.4) is 0 Å². The first-order valence-electron chi connectivity index (χ1n) is 8.14. The molecule has 2 heterocycles. The lowest BCUT2D eigenvalue weighted by molar-refractivity contribution is 0.0790. The predicted octanol–water partition coefficient (Wildman–Crippen LogP) is 4.11. The summed E-state index contributed by atoms with van der Waals surface area (Å²) in [6.45, 7) is 3.64. The molecule has 1 saturated heterocycles. The van der Waals surface area contributed by atoms with E-state index in [9.17, 15) is 4.79 Å². The Balaban J connectivity index is 1.53. The van der Waals surface area contributed by atoms with Crippen LogP contribution in [0.2, 0.25) is 0 Å². The lowest BCUT2D eigenvalue weighted by atomic mass is 10.1. The van der Waals surface area contributed by atoms with Crippen molar-refractivity contribution in [3.05, 3.63) is 71.4 Å². The monoisotopic (exact) mass is 304 g/mol. The van der Waals surface area contributed by atoms with E-state index in [0.717, 1.165) is 30.6 Å². The summed E-state index contributed by atoms with van der Waals surface area (Å²) in [4.78, 5) is 18.1. The molecule has 1 amide bonds. The maximum Gasteiger partial charge on any atom is 0.253 e. The number of aromatic nitrogens is 1. The van der Waals surface area contributed by atoms with Gasteiger partial charge in [0.1, 0.15) is 0 Å². The van der Waals surface area contributed by atoms with Gasteiger partial charge in [-0.3, -0.25) is 4.79 Å². The quantitative estimate of drug-likeness (QED) is 0.760. The topological polar surface area (TPSA) is 36.1 Å². The second kappa shape index (κ2) is 5.58. The lowest BCUT2D eigenvalue weighted by Gasteiger charge is -2.16. The van der Waals surface area contributed by atoms with Crippen LogP contribution in [0.4, 0.5) is 0 Å². The number of nitrogens with one attached hydrogen (secondary N) is 1. The first-order chi connectivity index (χ1) is 11.2. The molecular formula is C20H20N2O. The van der Waals surface area contributed by atoms with Crippen molar-refractivity contribution in [2.24, 2.45) is 0 Å². The van der Waals surface area contributed by atoms with Crippen molar-refractivity contribution in [3.63, 3.8) is 0 Å². The van der Waals surface area contributed by atoms with Gasteiger partial charge >= 0.3 is 0 Å². The Morgan fingerprint density at radius 2 is 2.00 bits per heavy atom. The minimum absolute atomic E-state index is 0.146. The molecule has 1 N–H and O–H groups in total. The van der Waals surface area contributed by atoms with Crippen molar-refractivity contribution in [2.45, 2.75) is 19.3 Å². The van der Waals surface area contributed by atoms with Gasteiger partial charge in [-0.05, 0) is 43.0 Å². The van der Waals surface area contributed by atoms with Crippen LogP contribution in [0.15, 0.2) is 54.6 Å². The zero-order valence-electron chi connectivity index (χ0n) is 13.3. The Morgan fingerprint density at radius 3 is 2.83 bits per heavy atom. The summed E-state index contributed by atoms with van der Waals surface area (Å²) in [7, 11) is 0. The van der Waals surface area contributed by atoms with E-state index in [1.54, 1.807) is 0 Å². The Kier molecular flexibility index (Phi) is 3.41. The molecule has 3 aromatic rings. The highest BCUT2D eigenvalue weighted by atomic mass is 16.2. The molecule has 2 aromatic carbocycles. The van der Waals surface area contributed by atoms with Gasteiger partial charge in [-0.2, -0.15) is 0 Å². The van der Waals surface area contributed by atoms with Gasteiger partial charge in [0.2, 0.25) is 0 Å². The molecule has 1 atom stereocenters. The Morgan fingerprint density at radius 1 is 1.13 bits per heavy atom. The van der Waals surface area contributed by atoms with E-state index in [2.05, 4.69) is 29.2 Å². The van der Waals surface area contributed by atoms with Crippen LogP contribution in [0, 0.1) is 6.92 Å². The summed E-state index contributed by atoms with van der Waals surface area (Å²) in [5.41, 5.74) is 4.33. The van der Waals surface area contributed by atoms with Crippen LogP contribution >= 0.6 is 0 Å². The molecule has 1 aliphatic heterocycles. The third kappa shape index (κ3) is 2.63. The van der Waals surface area contributed by atoms with Crippen LogP contribution in [-0.4, -0.2) is 28.9 Å². The zero-order chi connectivity index (χ0) is 15.8. The van der Waals surface area contributed by atoms with Crippen LogP contribution in [0.25, 0.3) is 10.9 Å². The van der Waals surface area contributed by atoms with Gasteiger partial charge in [0.05, 0.1) is 0 Å². The third-order valence-electron chi connectivity index (χ3n) is 4.73. The van der Waals surface area contributed by atoms with Crippen LogP contribution < -0.4 is 0 Å². The average molecular weight is 304 g/mol. The number of amides is 1. The number of para-hydroxylation sites is 1. The summed E-state index contributed by atoms with van der Waals surface area (Å²) in [6, 6.07) is 18.4. The van der Waals surface area contributed by atoms with E-state index in [1.165, 1.54) is 16.6 Å². The summed E-state index contributed by atoms with van der Waals surface area (Å²) < 4.78 is 0. The van der Waals surface area contributed by atoms with Gasteiger partial charge in [-0.25, -0.2) is 0 Å². The smallest absolute Gasteiger partial charge is 0.253 e. The summed E-state index contributed by atoms with van der Waals surface area (Å²) in [5, 5.41) is 1.24. The molecule has 1 aromatic heterocycles. The third-order valence-corrected chi connectivity index (χ3v) is 4.73. The fraction of sp³-hybridized carbons (Fsp3) is 0.250. The number of aromatic amines is 1. The number of likely N-dealkylation sites (tertiary alicyclic amines) is 1. The molecular weight excluding hydrogens is 284 g/mol. The van der Waals surface area contributed by atoms with E-state index in [1.807, 2.05) is 42.2 Å². The molecule has 1 fully saturated rings. The van der Waals surface area contributed by atoms with E-state index < -0.39 is 0 Å². The number of H-pyrrole nitrogens is 1. The summed E-state index contributed by atoms with van der Waals surface area (Å²) in [6.07, 6.45) is 1.02. The van der Waals surface area contributed by atoms with Gasteiger partial charge in [0.25, 0.3) is 5.91 Å². The van der Waals surface area contributed by atoms with Gasteiger partial charge in [0.15, 0.2) is 0 Å². The van der Waals surface area contributed by atoms with Crippen molar-refractivity contribution >= 4 is 16.8 Å². The van der Waals surface area contributed by atoms with E-state index >= 15 is 0 Å². The largest absolute Gasteiger partial charge is 0.358 e. The van der Waals surface area contributed by atoms with Gasteiger partial charge in [0, 0.05) is 35.8 Å². The molecule has 3 heteroatoms. The fourth-order valence-electron chi connectivity index (χ4n) is 3.47. The van der Waals surface area contributed by atoms with Gasteiger partial charge in [-0.15, -0.1) is 0 Å². The number of hydrogen-bond acceptors (Lipinski definition) is 1. The summed E-state index contributed by atoms with van der Waals surface area (Å²) in [5.74, 6) is 0.545. The highest BCUT2D eigenvalue weighted by Gasteiger charge is 2.28. The molecule has 3 nitrogen and oxygen atoms in total. The molecule has 23 heavy (non-hydrogen) atoms. The lowest BCUT2D eigenvalue weighted by Crippen LogP contribution is -2.28. The standard InChI is InChI=1S/C20H20N2O/c1-14-5-4-7-16(11-14)20(23)22-10-9-17(13-22)19-12-15-6-2-3-8-18(15)21-19/h2-8,11-12,17,21H,9-10,13H2,1H3. The normalized spacial score (nSPS) is 17.8. The molecule has 1 unspecified atom stereocenters. The van der Waals surface area contributed by atoms with Crippen LogP contribution in [0.1, 0.15) is 34.0 Å². The Bertz CT molecular complexity index is 832. The molecule has 1 aliphatic rings. The minimum atomic E-state index is 0.146. The van der Waals surface area contributed by atoms with Crippen molar-refractivity contribution < 1.29 is 4.79 Å². The molecule has 0 radical (unpaired) electrons. The number of hydrogen-bond donors (Lipinski definition) is 1. The SMILES string of the molecule is Cc1cccc(C(=O)N2CCC(c3cc4ccccc4[nH]3)C2)c1. The van der Waals surface area contributed by atoms with E-state index in [4.69, 9.17) is 0 Å². The number of carbonyl (C=O) groups is 1. The van der Waals surface area contributed by atoms with Crippen LogP contribution in [0.5, 0.6) is 0 Å². The predicted molar refractivity (Wildman–Crippen MR) is 92.7 cm³/mol. The molecule has 0 bridgehead atoms. The number of benzene rings is 2. The first kappa shape index (κ1) is 14.1. The molecule has 116 valence electrons. The van der Waals surface area contributed by atoms with E-state index in [0.29, 0.717) is 5.92 Å². The number of fused-ring (bicyclic) bond motifs is 1. The van der Waals surface area contributed by atoms with Crippen molar-refractivity contribution in [2.75, 3.05) is 13.1 Å². The van der Waals surface area contributed by atoms with E-state index in [-0.39, 0.29) is 5.91 Å². The molecule has 0 aliphatic carbocycles. The van der Waals surface area contributed by atoms with Crippen molar-refractivity contribution in [1.82, 2.24) is 9.88 Å². The molecule has 0 spiro atoms. The minimum Gasteiger partial charge on any atom is -0.358 e. The maximum atomic E-state index is 12.7. The molecule has 4 rings (SSSR count). The van der Waals surface area contributed by atoms with Crippen LogP contribution in [-0.2, 0) is 0 Å². The summed E-state index contributed by atoms with van der Waals surface area (Å²) >= 11 is 0. The number of aryl methyl sites for hydroxylation is 1. The van der Waals surface area contributed by atoms with Crippen molar-refractivity contribution in [3.8, 4) is 0 Å². The second-order valence-electron chi connectivity index (χ2n) is 6.42. The number of nitrogens with zero attached hydrogens (tertiary/aromatic N) is 1. The Hall–Kier alpha value is -2.55. The average Bonchev–Trinajstić information content (AvgIpc) is 3.20.